The van der Waals surface area contributed by atoms with Gasteiger partial charge in [-0.2, -0.15) is 0 Å². The molecule has 1 aliphatic rings. The number of anilines is 1. The zero-order valence-electron chi connectivity index (χ0n) is 10.5. The Bertz CT molecular complexity index is 457. The van der Waals surface area contributed by atoms with E-state index in [1.807, 2.05) is 19.1 Å². The van der Waals surface area contributed by atoms with Crippen molar-refractivity contribution in [1.82, 2.24) is 5.32 Å². The Kier molecular flexibility index (Phi) is 4.24. The first-order valence-electron chi connectivity index (χ1n) is 6.00. The summed E-state index contributed by atoms with van der Waals surface area (Å²) in [5.74, 6) is 0.685. The maximum Gasteiger partial charge on any atom is 0.241 e. The second kappa shape index (κ2) is 5.71. The van der Waals surface area contributed by atoms with Gasteiger partial charge in [-0.1, -0.05) is 15.9 Å². The third kappa shape index (κ3) is 2.84. The van der Waals surface area contributed by atoms with Crippen molar-refractivity contribution in [2.45, 2.75) is 25.8 Å². The smallest absolute Gasteiger partial charge is 0.241 e. The Morgan fingerprint density at radius 2 is 2.33 bits per heavy atom. The van der Waals surface area contributed by atoms with E-state index in [0.717, 1.165) is 35.1 Å². The number of carbonyl (C=O) groups is 1. The van der Waals surface area contributed by atoms with E-state index in [2.05, 4.69) is 26.6 Å². The standard InChI is InChI=1S/C13H17BrN2O2/c1-8-6-9(14)7-11(18-2)12(8)16-13(17)10-4-3-5-15-10/h6-7,10,15H,3-5H2,1-2H3,(H,16,17). The molecule has 1 heterocycles. The van der Waals surface area contributed by atoms with Crippen molar-refractivity contribution in [3.05, 3.63) is 22.2 Å². The molecule has 2 N–H and O–H groups in total. The number of halogens is 1. The summed E-state index contributed by atoms with van der Waals surface area (Å²) in [6, 6.07) is 3.73. The van der Waals surface area contributed by atoms with E-state index in [1.165, 1.54) is 0 Å². The number of aryl methyl sites for hydroxylation is 1. The van der Waals surface area contributed by atoms with Crippen LogP contribution < -0.4 is 15.4 Å². The number of benzene rings is 1. The molecule has 98 valence electrons. The Balaban J connectivity index is 2.19. The van der Waals surface area contributed by atoms with Gasteiger partial charge in [0.05, 0.1) is 18.8 Å². The molecule has 1 atom stereocenters. The molecular formula is C13H17BrN2O2. The molecule has 0 radical (unpaired) electrons. The topological polar surface area (TPSA) is 50.4 Å². The molecule has 1 aromatic rings. The number of ether oxygens (including phenoxy) is 1. The first kappa shape index (κ1) is 13.4. The quantitative estimate of drug-likeness (QED) is 0.901. The number of hydrogen-bond acceptors (Lipinski definition) is 3. The van der Waals surface area contributed by atoms with Crippen molar-refractivity contribution < 1.29 is 9.53 Å². The molecule has 1 saturated heterocycles. The molecule has 1 amide bonds. The summed E-state index contributed by atoms with van der Waals surface area (Å²) in [6.07, 6.45) is 1.94. The summed E-state index contributed by atoms with van der Waals surface area (Å²) in [4.78, 5) is 12.1. The van der Waals surface area contributed by atoms with Gasteiger partial charge in [0.15, 0.2) is 0 Å². The predicted octanol–water partition coefficient (Wildman–Crippen LogP) is 2.46. The predicted molar refractivity (Wildman–Crippen MR) is 75.1 cm³/mol. The van der Waals surface area contributed by atoms with E-state index >= 15 is 0 Å². The first-order chi connectivity index (χ1) is 8.61. The summed E-state index contributed by atoms with van der Waals surface area (Å²) >= 11 is 3.42. The molecule has 1 aromatic carbocycles. The molecule has 1 fully saturated rings. The molecule has 1 unspecified atom stereocenters. The molecule has 1 aliphatic heterocycles. The van der Waals surface area contributed by atoms with Gasteiger partial charge in [-0.15, -0.1) is 0 Å². The normalized spacial score (nSPS) is 18.7. The highest BCUT2D eigenvalue weighted by atomic mass is 79.9. The van der Waals surface area contributed by atoms with Crippen LogP contribution in [0, 0.1) is 6.92 Å². The van der Waals surface area contributed by atoms with E-state index in [0.29, 0.717) is 5.75 Å². The average molecular weight is 313 g/mol. The second-order valence-electron chi connectivity index (χ2n) is 4.44. The van der Waals surface area contributed by atoms with E-state index < -0.39 is 0 Å². The third-order valence-electron chi connectivity index (χ3n) is 3.11. The highest BCUT2D eigenvalue weighted by Crippen LogP contribution is 2.32. The summed E-state index contributed by atoms with van der Waals surface area (Å²) < 4.78 is 6.24. The van der Waals surface area contributed by atoms with Gasteiger partial charge < -0.3 is 15.4 Å². The number of rotatable bonds is 3. The van der Waals surface area contributed by atoms with Crippen LogP contribution in [-0.2, 0) is 4.79 Å². The SMILES string of the molecule is COc1cc(Br)cc(C)c1NC(=O)C1CCCN1. The molecule has 4 nitrogen and oxygen atoms in total. The van der Waals surface area contributed by atoms with Gasteiger partial charge >= 0.3 is 0 Å². The van der Waals surface area contributed by atoms with Crippen molar-refractivity contribution in [2.75, 3.05) is 19.0 Å². The van der Waals surface area contributed by atoms with Gasteiger partial charge in [-0.3, -0.25) is 4.79 Å². The van der Waals surface area contributed by atoms with E-state index in [1.54, 1.807) is 7.11 Å². The summed E-state index contributed by atoms with van der Waals surface area (Å²) in [5.41, 5.74) is 1.73. The lowest BCUT2D eigenvalue weighted by Gasteiger charge is -2.16. The maximum absolute atomic E-state index is 12.1. The highest BCUT2D eigenvalue weighted by Gasteiger charge is 2.23. The van der Waals surface area contributed by atoms with Crippen molar-refractivity contribution in [3.63, 3.8) is 0 Å². The number of nitrogens with one attached hydrogen (secondary N) is 2. The average Bonchev–Trinajstić information content (AvgIpc) is 2.85. The summed E-state index contributed by atoms with van der Waals surface area (Å²) in [6.45, 7) is 2.86. The minimum absolute atomic E-state index is 0.0104. The number of carbonyl (C=O) groups excluding carboxylic acids is 1. The van der Waals surface area contributed by atoms with Gasteiger partial charge in [0.25, 0.3) is 0 Å². The molecule has 5 heteroatoms. The first-order valence-corrected chi connectivity index (χ1v) is 6.79. The van der Waals surface area contributed by atoms with Gasteiger partial charge in [-0.25, -0.2) is 0 Å². The van der Waals surface area contributed by atoms with E-state index in [-0.39, 0.29) is 11.9 Å². The Morgan fingerprint density at radius 3 is 2.94 bits per heavy atom. The van der Waals surface area contributed by atoms with Crippen molar-refractivity contribution >= 4 is 27.5 Å². The minimum Gasteiger partial charge on any atom is -0.495 e. The number of methoxy groups -OCH3 is 1. The lowest BCUT2D eigenvalue weighted by Crippen LogP contribution is -2.35. The molecular weight excluding hydrogens is 296 g/mol. The van der Waals surface area contributed by atoms with Gasteiger partial charge in [0.2, 0.25) is 5.91 Å². The van der Waals surface area contributed by atoms with Crippen LogP contribution in [0.4, 0.5) is 5.69 Å². The van der Waals surface area contributed by atoms with Crippen LogP contribution in [-0.4, -0.2) is 25.6 Å². The van der Waals surface area contributed by atoms with Crippen LogP contribution in [0.1, 0.15) is 18.4 Å². The van der Waals surface area contributed by atoms with Gasteiger partial charge in [0.1, 0.15) is 5.75 Å². The molecule has 0 bridgehead atoms. The van der Waals surface area contributed by atoms with Crippen molar-refractivity contribution in [1.29, 1.82) is 0 Å². The Hall–Kier alpha value is -1.07. The fourth-order valence-electron chi connectivity index (χ4n) is 2.15. The van der Waals surface area contributed by atoms with E-state index in [4.69, 9.17) is 4.74 Å². The molecule has 0 aliphatic carbocycles. The molecule has 18 heavy (non-hydrogen) atoms. The van der Waals surface area contributed by atoms with Crippen molar-refractivity contribution in [2.24, 2.45) is 0 Å². The Morgan fingerprint density at radius 1 is 1.56 bits per heavy atom. The van der Waals surface area contributed by atoms with Crippen molar-refractivity contribution in [3.8, 4) is 5.75 Å². The number of hydrogen-bond donors (Lipinski definition) is 2. The lowest BCUT2D eigenvalue weighted by molar-refractivity contribution is -0.117. The van der Waals surface area contributed by atoms with Crippen LogP contribution in [0.5, 0.6) is 5.75 Å². The van der Waals surface area contributed by atoms with E-state index in [9.17, 15) is 4.79 Å². The second-order valence-corrected chi connectivity index (χ2v) is 5.35. The molecule has 0 saturated carbocycles. The van der Waals surface area contributed by atoms with Crippen LogP contribution in [0.2, 0.25) is 0 Å². The van der Waals surface area contributed by atoms with Crippen LogP contribution in [0.25, 0.3) is 0 Å². The lowest BCUT2D eigenvalue weighted by atomic mass is 10.1. The monoisotopic (exact) mass is 312 g/mol. The largest absolute Gasteiger partial charge is 0.495 e. The molecule has 2 rings (SSSR count). The number of amides is 1. The zero-order valence-corrected chi connectivity index (χ0v) is 12.1. The maximum atomic E-state index is 12.1. The highest BCUT2D eigenvalue weighted by molar-refractivity contribution is 9.10. The van der Waals surface area contributed by atoms with Crippen LogP contribution in [0.3, 0.4) is 0 Å². The third-order valence-corrected chi connectivity index (χ3v) is 3.57. The zero-order chi connectivity index (χ0) is 13.1. The summed E-state index contributed by atoms with van der Waals surface area (Å²) in [7, 11) is 1.60. The minimum atomic E-state index is -0.0854. The fourth-order valence-corrected chi connectivity index (χ4v) is 2.70. The van der Waals surface area contributed by atoms with Crippen LogP contribution >= 0.6 is 15.9 Å². The van der Waals surface area contributed by atoms with Crippen LogP contribution in [0.15, 0.2) is 16.6 Å². The Labute approximate surface area is 115 Å². The van der Waals surface area contributed by atoms with Gasteiger partial charge in [-0.05, 0) is 44.0 Å². The molecule has 0 aromatic heterocycles. The molecule has 0 spiro atoms. The summed E-state index contributed by atoms with van der Waals surface area (Å²) in [5, 5.41) is 6.13. The fraction of sp³-hybridized carbons (Fsp3) is 0.462. The van der Waals surface area contributed by atoms with Gasteiger partial charge in [0, 0.05) is 4.47 Å².